The summed E-state index contributed by atoms with van der Waals surface area (Å²) in [6.07, 6.45) is 1.89. The van der Waals surface area contributed by atoms with E-state index in [1.54, 1.807) is 0 Å². The maximum atomic E-state index is 9.65. The first-order chi connectivity index (χ1) is 5.82. The lowest BCUT2D eigenvalue weighted by molar-refractivity contribution is 0.137. The molecule has 62 valence electrons. The average molecular weight is 161 g/mol. The summed E-state index contributed by atoms with van der Waals surface area (Å²) in [4.78, 5) is 0. The molecule has 2 heteroatoms. The summed E-state index contributed by atoms with van der Waals surface area (Å²) in [7, 11) is 0. The van der Waals surface area contributed by atoms with E-state index in [-0.39, 0.29) is 5.54 Å². The molecule has 0 bridgehead atoms. The Hall–Kier alpha value is -0.860. The van der Waals surface area contributed by atoms with Crippen molar-refractivity contribution in [1.29, 1.82) is 0 Å². The van der Waals surface area contributed by atoms with Gasteiger partial charge in [0, 0.05) is 11.1 Å². The van der Waals surface area contributed by atoms with Crippen molar-refractivity contribution in [2.45, 2.75) is 24.6 Å². The first-order valence-electron chi connectivity index (χ1n) is 4.37. The maximum Gasteiger partial charge on any atom is 0.132 e. The third-order valence-electron chi connectivity index (χ3n) is 2.93. The second-order valence-corrected chi connectivity index (χ2v) is 3.72. The lowest BCUT2D eigenvalue weighted by atomic mass is 10.0. The summed E-state index contributed by atoms with van der Waals surface area (Å²) in [5, 5.41) is 12.9. The van der Waals surface area contributed by atoms with Crippen LogP contribution in [0.3, 0.4) is 0 Å². The van der Waals surface area contributed by atoms with Crippen LogP contribution in [-0.2, 0) is 5.54 Å². The lowest BCUT2D eigenvalue weighted by Crippen LogP contribution is -2.23. The molecule has 1 aliphatic heterocycles. The van der Waals surface area contributed by atoms with Crippen LogP contribution in [0.2, 0.25) is 0 Å². The Labute approximate surface area is 71.2 Å². The van der Waals surface area contributed by atoms with Gasteiger partial charge in [0.05, 0.1) is 0 Å². The topological polar surface area (TPSA) is 32.3 Å². The molecule has 1 saturated carbocycles. The molecule has 0 amide bonds. The number of hydrogen-bond acceptors (Lipinski definition) is 2. The van der Waals surface area contributed by atoms with Gasteiger partial charge in [-0.15, -0.1) is 0 Å². The van der Waals surface area contributed by atoms with Crippen LogP contribution in [0, 0.1) is 0 Å². The quantitative estimate of drug-likeness (QED) is 0.600. The Balaban J connectivity index is 2.21. The predicted molar refractivity (Wildman–Crippen MR) is 45.4 cm³/mol. The third-order valence-corrected chi connectivity index (χ3v) is 2.93. The molecule has 0 saturated heterocycles. The molecule has 1 spiro atoms. The highest BCUT2D eigenvalue weighted by atomic mass is 16.3. The Morgan fingerprint density at radius 2 is 2.08 bits per heavy atom. The van der Waals surface area contributed by atoms with E-state index >= 15 is 0 Å². The molecule has 1 heterocycles. The number of rotatable bonds is 0. The molecule has 0 aromatic heterocycles. The van der Waals surface area contributed by atoms with Crippen LogP contribution in [0.1, 0.15) is 30.2 Å². The van der Waals surface area contributed by atoms with Gasteiger partial charge >= 0.3 is 0 Å². The number of aliphatic hydroxyl groups is 1. The van der Waals surface area contributed by atoms with Crippen LogP contribution in [0.4, 0.5) is 0 Å². The fourth-order valence-corrected chi connectivity index (χ4v) is 2.13. The van der Waals surface area contributed by atoms with Crippen LogP contribution in [-0.4, -0.2) is 5.11 Å². The Bertz CT molecular complexity index is 330. The first kappa shape index (κ1) is 6.63. The van der Waals surface area contributed by atoms with E-state index in [9.17, 15) is 5.11 Å². The van der Waals surface area contributed by atoms with E-state index in [0.717, 1.165) is 5.56 Å². The van der Waals surface area contributed by atoms with Crippen molar-refractivity contribution >= 4 is 0 Å². The van der Waals surface area contributed by atoms with Gasteiger partial charge in [0.25, 0.3) is 0 Å². The summed E-state index contributed by atoms with van der Waals surface area (Å²) in [6.45, 7) is 0. The molecule has 1 unspecified atom stereocenters. The van der Waals surface area contributed by atoms with Crippen LogP contribution >= 0.6 is 0 Å². The second kappa shape index (κ2) is 1.90. The van der Waals surface area contributed by atoms with Gasteiger partial charge in [-0.2, -0.15) is 0 Å². The fraction of sp³-hybridized carbons (Fsp3) is 0.400. The molecule has 2 N–H and O–H groups in total. The monoisotopic (exact) mass is 161 g/mol. The minimum Gasteiger partial charge on any atom is -0.374 e. The molecule has 1 atom stereocenters. The van der Waals surface area contributed by atoms with Crippen LogP contribution in [0.15, 0.2) is 24.3 Å². The zero-order valence-corrected chi connectivity index (χ0v) is 6.75. The van der Waals surface area contributed by atoms with Crippen molar-refractivity contribution in [3.05, 3.63) is 35.4 Å². The third kappa shape index (κ3) is 0.667. The predicted octanol–water partition coefficient (Wildman–Crippen LogP) is 1.27. The van der Waals surface area contributed by atoms with E-state index in [2.05, 4.69) is 11.4 Å². The highest BCUT2D eigenvalue weighted by Gasteiger charge is 2.51. The Kier molecular flexibility index (Phi) is 1.05. The second-order valence-electron chi connectivity index (χ2n) is 3.72. The van der Waals surface area contributed by atoms with Gasteiger partial charge in [-0.05, 0) is 18.4 Å². The van der Waals surface area contributed by atoms with Crippen LogP contribution in [0.25, 0.3) is 0 Å². The largest absolute Gasteiger partial charge is 0.374 e. The number of benzene rings is 1. The summed E-state index contributed by atoms with van der Waals surface area (Å²) >= 11 is 0. The maximum absolute atomic E-state index is 9.65. The zero-order valence-electron chi connectivity index (χ0n) is 6.75. The van der Waals surface area contributed by atoms with Gasteiger partial charge in [0.1, 0.15) is 6.23 Å². The van der Waals surface area contributed by atoms with Crippen molar-refractivity contribution in [1.82, 2.24) is 5.32 Å². The van der Waals surface area contributed by atoms with Gasteiger partial charge in [-0.1, -0.05) is 24.3 Å². The molecule has 3 rings (SSSR count). The molecule has 1 fully saturated rings. The van der Waals surface area contributed by atoms with Gasteiger partial charge in [0.15, 0.2) is 0 Å². The highest BCUT2D eigenvalue weighted by Crippen LogP contribution is 2.52. The van der Waals surface area contributed by atoms with E-state index in [0.29, 0.717) is 0 Å². The number of fused-ring (bicyclic) bond motifs is 2. The van der Waals surface area contributed by atoms with Crippen LogP contribution < -0.4 is 5.32 Å². The number of nitrogens with one attached hydrogen (secondary N) is 1. The van der Waals surface area contributed by atoms with Crippen molar-refractivity contribution in [2.75, 3.05) is 0 Å². The summed E-state index contributed by atoms with van der Waals surface area (Å²) in [5.41, 5.74) is 2.52. The average Bonchev–Trinajstić information content (AvgIpc) is 2.79. The lowest BCUT2D eigenvalue weighted by Gasteiger charge is -2.07. The van der Waals surface area contributed by atoms with E-state index in [1.807, 2.05) is 18.2 Å². The van der Waals surface area contributed by atoms with Gasteiger partial charge in [-0.25, -0.2) is 0 Å². The molecule has 0 radical (unpaired) electrons. The van der Waals surface area contributed by atoms with Gasteiger partial charge in [0.2, 0.25) is 0 Å². The fourth-order valence-electron chi connectivity index (χ4n) is 2.13. The Morgan fingerprint density at radius 1 is 1.33 bits per heavy atom. The highest BCUT2D eigenvalue weighted by molar-refractivity contribution is 5.43. The molecular formula is C10H11NO. The van der Waals surface area contributed by atoms with Crippen molar-refractivity contribution in [3.63, 3.8) is 0 Å². The summed E-state index contributed by atoms with van der Waals surface area (Å²) in [6, 6.07) is 8.13. The smallest absolute Gasteiger partial charge is 0.132 e. The van der Waals surface area contributed by atoms with Crippen molar-refractivity contribution in [2.24, 2.45) is 0 Å². The molecular weight excluding hydrogens is 150 g/mol. The normalized spacial score (nSPS) is 28.9. The first-order valence-corrected chi connectivity index (χ1v) is 4.37. The molecule has 12 heavy (non-hydrogen) atoms. The SMILES string of the molecule is OC1NC2(CC2)c2ccccc21. The van der Waals surface area contributed by atoms with Gasteiger partial charge < -0.3 is 5.11 Å². The molecule has 2 nitrogen and oxygen atoms in total. The van der Waals surface area contributed by atoms with E-state index < -0.39 is 6.23 Å². The molecule has 1 aliphatic carbocycles. The summed E-state index contributed by atoms with van der Waals surface area (Å²) < 4.78 is 0. The molecule has 1 aromatic rings. The molecule has 2 aliphatic rings. The molecule has 1 aromatic carbocycles. The Morgan fingerprint density at radius 3 is 2.83 bits per heavy atom. The van der Waals surface area contributed by atoms with Crippen LogP contribution in [0.5, 0.6) is 0 Å². The van der Waals surface area contributed by atoms with E-state index in [4.69, 9.17) is 0 Å². The summed E-state index contributed by atoms with van der Waals surface area (Å²) in [5.74, 6) is 0. The number of hydrogen-bond donors (Lipinski definition) is 2. The minimum atomic E-state index is -0.441. The van der Waals surface area contributed by atoms with E-state index in [1.165, 1.54) is 18.4 Å². The minimum absolute atomic E-state index is 0.149. The zero-order chi connectivity index (χ0) is 8.18. The number of aliphatic hydroxyl groups excluding tert-OH is 1. The van der Waals surface area contributed by atoms with Crippen molar-refractivity contribution < 1.29 is 5.11 Å². The van der Waals surface area contributed by atoms with Gasteiger partial charge in [-0.3, -0.25) is 5.32 Å². The standard InChI is InChI=1S/C10H11NO/c12-9-7-3-1-2-4-8(7)10(11-9)5-6-10/h1-4,9,11-12H,5-6H2. The van der Waals surface area contributed by atoms with Crippen molar-refractivity contribution in [3.8, 4) is 0 Å².